The van der Waals surface area contributed by atoms with E-state index in [9.17, 15) is 13.9 Å². The first kappa shape index (κ1) is 12.1. The number of rotatable bonds is 3. The van der Waals surface area contributed by atoms with Crippen LogP contribution >= 0.6 is 11.6 Å². The molecule has 5 heteroatoms. The molecular formula is C12H9ClF2O2. The first-order chi connectivity index (χ1) is 8.08. The van der Waals surface area contributed by atoms with Crippen molar-refractivity contribution in [2.45, 2.75) is 12.5 Å². The summed E-state index contributed by atoms with van der Waals surface area (Å²) in [5, 5.41) is 9.90. The molecule has 0 radical (unpaired) electrons. The van der Waals surface area contributed by atoms with Crippen LogP contribution < -0.4 is 0 Å². The smallest absolute Gasteiger partial charge is 0.193 e. The highest BCUT2D eigenvalue weighted by atomic mass is 35.5. The van der Waals surface area contributed by atoms with Gasteiger partial charge in [0.05, 0.1) is 0 Å². The number of aliphatic hydroxyl groups is 1. The van der Waals surface area contributed by atoms with E-state index in [2.05, 4.69) is 0 Å². The molecule has 0 saturated carbocycles. The summed E-state index contributed by atoms with van der Waals surface area (Å²) in [6, 6.07) is 6.78. The summed E-state index contributed by atoms with van der Waals surface area (Å²) in [4.78, 5) is 0. The highest BCUT2D eigenvalue weighted by Crippen LogP contribution is 2.24. The number of furan rings is 1. The van der Waals surface area contributed by atoms with Gasteiger partial charge in [-0.1, -0.05) is 12.1 Å². The van der Waals surface area contributed by atoms with Gasteiger partial charge in [-0.15, -0.1) is 0 Å². The third kappa shape index (κ3) is 2.65. The lowest BCUT2D eigenvalue weighted by molar-refractivity contribution is 0.149. The molecule has 90 valence electrons. The van der Waals surface area contributed by atoms with Crippen molar-refractivity contribution in [3.63, 3.8) is 0 Å². The Morgan fingerprint density at radius 1 is 1.24 bits per heavy atom. The Labute approximate surface area is 101 Å². The maximum Gasteiger partial charge on any atom is 0.193 e. The van der Waals surface area contributed by atoms with Gasteiger partial charge in [0, 0.05) is 6.42 Å². The summed E-state index contributed by atoms with van der Waals surface area (Å²) in [7, 11) is 0. The summed E-state index contributed by atoms with van der Waals surface area (Å²) in [6.45, 7) is 0. The third-order valence-corrected chi connectivity index (χ3v) is 2.57. The average Bonchev–Trinajstić information content (AvgIpc) is 2.72. The molecule has 1 heterocycles. The largest absolute Gasteiger partial charge is 0.447 e. The second-order valence-corrected chi connectivity index (χ2v) is 3.95. The number of hydrogen-bond acceptors (Lipinski definition) is 2. The van der Waals surface area contributed by atoms with Crippen molar-refractivity contribution in [2.24, 2.45) is 0 Å². The molecule has 2 nitrogen and oxygen atoms in total. The molecule has 2 rings (SSSR count). The number of benzene rings is 1. The van der Waals surface area contributed by atoms with Crippen LogP contribution in [0.3, 0.4) is 0 Å². The molecule has 0 amide bonds. The van der Waals surface area contributed by atoms with Crippen molar-refractivity contribution < 1.29 is 18.3 Å². The first-order valence-electron chi connectivity index (χ1n) is 4.94. The summed E-state index contributed by atoms with van der Waals surface area (Å²) in [5.74, 6) is -1.67. The van der Waals surface area contributed by atoms with Crippen LogP contribution in [-0.4, -0.2) is 5.11 Å². The second kappa shape index (κ2) is 4.85. The van der Waals surface area contributed by atoms with Crippen molar-refractivity contribution in [1.82, 2.24) is 0 Å². The second-order valence-electron chi connectivity index (χ2n) is 3.57. The van der Waals surface area contributed by atoms with Gasteiger partial charge < -0.3 is 9.52 Å². The zero-order valence-corrected chi connectivity index (χ0v) is 9.42. The molecule has 1 aromatic heterocycles. The average molecular weight is 259 g/mol. The maximum absolute atomic E-state index is 13.3. The third-order valence-electron chi connectivity index (χ3n) is 2.37. The van der Waals surface area contributed by atoms with Crippen molar-refractivity contribution >= 4 is 11.6 Å². The minimum absolute atomic E-state index is 0.0760. The van der Waals surface area contributed by atoms with E-state index < -0.39 is 17.7 Å². The van der Waals surface area contributed by atoms with Crippen molar-refractivity contribution in [3.05, 3.63) is 58.5 Å². The summed E-state index contributed by atoms with van der Waals surface area (Å²) in [6.07, 6.45) is -1.13. The van der Waals surface area contributed by atoms with Crippen molar-refractivity contribution in [2.75, 3.05) is 0 Å². The van der Waals surface area contributed by atoms with E-state index in [1.165, 1.54) is 24.3 Å². The Morgan fingerprint density at radius 2 is 2.00 bits per heavy atom. The van der Waals surface area contributed by atoms with E-state index in [1.54, 1.807) is 0 Å². The zero-order valence-electron chi connectivity index (χ0n) is 8.66. The maximum atomic E-state index is 13.3. The Balaban J connectivity index is 2.18. The van der Waals surface area contributed by atoms with Crippen LogP contribution in [0.2, 0.25) is 5.22 Å². The molecule has 0 aliphatic carbocycles. The lowest BCUT2D eigenvalue weighted by Gasteiger charge is -2.08. The fourth-order valence-corrected chi connectivity index (χ4v) is 1.67. The molecule has 0 aliphatic rings. The lowest BCUT2D eigenvalue weighted by Crippen LogP contribution is -2.03. The van der Waals surface area contributed by atoms with Gasteiger partial charge >= 0.3 is 0 Å². The Bertz CT molecular complexity index is 525. The van der Waals surface area contributed by atoms with Crippen LogP contribution in [0, 0.1) is 11.6 Å². The molecule has 1 unspecified atom stereocenters. The minimum atomic E-state index is -1.06. The topological polar surface area (TPSA) is 33.4 Å². The molecule has 2 aromatic rings. The minimum Gasteiger partial charge on any atom is -0.447 e. The van der Waals surface area contributed by atoms with E-state index in [-0.39, 0.29) is 23.0 Å². The molecule has 0 fully saturated rings. The van der Waals surface area contributed by atoms with Crippen molar-refractivity contribution in [1.29, 1.82) is 0 Å². The summed E-state index contributed by atoms with van der Waals surface area (Å²) >= 11 is 5.55. The Kier molecular flexibility index (Phi) is 3.45. The van der Waals surface area contributed by atoms with E-state index in [1.807, 2.05) is 0 Å². The highest BCUT2D eigenvalue weighted by Gasteiger charge is 2.16. The number of halogens is 3. The van der Waals surface area contributed by atoms with Crippen LogP contribution in [0.1, 0.15) is 17.4 Å². The summed E-state index contributed by atoms with van der Waals surface area (Å²) in [5.41, 5.74) is 0.0880. The van der Waals surface area contributed by atoms with Gasteiger partial charge in [-0.3, -0.25) is 0 Å². The number of hydrogen-bond donors (Lipinski definition) is 1. The van der Waals surface area contributed by atoms with Crippen LogP contribution in [-0.2, 0) is 6.42 Å². The van der Waals surface area contributed by atoms with Gasteiger partial charge in [0.2, 0.25) is 0 Å². The molecule has 1 aromatic carbocycles. The molecular weight excluding hydrogens is 250 g/mol. The molecule has 0 saturated heterocycles. The highest BCUT2D eigenvalue weighted by molar-refractivity contribution is 6.28. The quantitative estimate of drug-likeness (QED) is 0.914. The predicted molar refractivity (Wildman–Crippen MR) is 58.7 cm³/mol. The molecule has 0 spiro atoms. The molecule has 1 N–H and O–H groups in total. The molecule has 0 aliphatic heterocycles. The number of aliphatic hydroxyl groups excluding tert-OH is 1. The van der Waals surface area contributed by atoms with E-state index >= 15 is 0 Å². The fourth-order valence-electron chi connectivity index (χ4n) is 1.52. The SMILES string of the molecule is OC(Cc1cccc(F)c1F)c1ccc(Cl)o1. The lowest BCUT2D eigenvalue weighted by atomic mass is 10.1. The molecule has 17 heavy (non-hydrogen) atoms. The van der Waals surface area contributed by atoms with E-state index in [0.717, 1.165) is 6.07 Å². The van der Waals surface area contributed by atoms with Gasteiger partial charge in [-0.05, 0) is 35.4 Å². The zero-order chi connectivity index (χ0) is 12.4. The first-order valence-corrected chi connectivity index (χ1v) is 5.32. The van der Waals surface area contributed by atoms with Gasteiger partial charge in [-0.2, -0.15) is 0 Å². The fraction of sp³-hybridized carbons (Fsp3) is 0.167. The van der Waals surface area contributed by atoms with Gasteiger partial charge in [0.15, 0.2) is 16.9 Å². The Hall–Kier alpha value is -1.39. The van der Waals surface area contributed by atoms with Gasteiger partial charge in [0.25, 0.3) is 0 Å². The van der Waals surface area contributed by atoms with Crippen molar-refractivity contribution in [3.8, 4) is 0 Å². The van der Waals surface area contributed by atoms with Crippen LogP contribution in [0.4, 0.5) is 8.78 Å². The van der Waals surface area contributed by atoms with Gasteiger partial charge in [0.1, 0.15) is 11.9 Å². The van der Waals surface area contributed by atoms with E-state index in [4.69, 9.17) is 16.0 Å². The van der Waals surface area contributed by atoms with E-state index in [0.29, 0.717) is 0 Å². The van der Waals surface area contributed by atoms with Crippen LogP contribution in [0.15, 0.2) is 34.7 Å². The molecule has 1 atom stereocenters. The van der Waals surface area contributed by atoms with Crippen LogP contribution in [0.25, 0.3) is 0 Å². The monoisotopic (exact) mass is 258 g/mol. The summed E-state index contributed by atoms with van der Waals surface area (Å²) < 4.78 is 31.3. The standard InChI is InChI=1S/C12H9ClF2O2/c13-11-5-4-10(17-11)9(16)6-7-2-1-3-8(14)12(7)15/h1-5,9,16H,6H2. The molecule has 0 bridgehead atoms. The predicted octanol–water partition coefficient (Wildman–Crippen LogP) is 3.49. The Morgan fingerprint density at radius 3 is 2.65 bits per heavy atom. The van der Waals surface area contributed by atoms with Crippen LogP contribution in [0.5, 0.6) is 0 Å². The van der Waals surface area contributed by atoms with Gasteiger partial charge in [-0.25, -0.2) is 8.78 Å². The normalized spacial score (nSPS) is 12.7.